The first-order valence-electron chi connectivity index (χ1n) is 9.96. The molecule has 0 radical (unpaired) electrons. The van der Waals surface area contributed by atoms with Crippen molar-refractivity contribution in [2.75, 3.05) is 24.0 Å². The van der Waals surface area contributed by atoms with Gasteiger partial charge in [0, 0.05) is 19.1 Å². The Labute approximate surface area is 177 Å². The minimum Gasteiger partial charge on any atom is -0.452 e. The first-order chi connectivity index (χ1) is 14.3. The lowest BCUT2D eigenvalue weighted by Crippen LogP contribution is -2.36. The molecule has 0 aromatic heterocycles. The third-order valence-electron chi connectivity index (χ3n) is 5.21. The van der Waals surface area contributed by atoms with Crippen LogP contribution >= 0.6 is 0 Å². The van der Waals surface area contributed by atoms with E-state index >= 15 is 0 Å². The van der Waals surface area contributed by atoms with Gasteiger partial charge in [0.15, 0.2) is 6.61 Å². The molecule has 1 aliphatic heterocycles. The summed E-state index contributed by atoms with van der Waals surface area (Å²) in [5.74, 6) is -1.03. The summed E-state index contributed by atoms with van der Waals surface area (Å²) in [4.78, 5) is 26.0. The van der Waals surface area contributed by atoms with Crippen LogP contribution in [-0.2, 0) is 26.0 Å². The van der Waals surface area contributed by atoms with Crippen LogP contribution in [0, 0.1) is 0 Å². The van der Waals surface area contributed by atoms with E-state index in [1.165, 1.54) is 28.6 Å². The molecule has 1 aliphatic rings. The summed E-state index contributed by atoms with van der Waals surface area (Å²) in [6.45, 7) is 6.21. The highest BCUT2D eigenvalue weighted by Crippen LogP contribution is 2.36. The van der Waals surface area contributed by atoms with Crippen molar-refractivity contribution in [1.29, 1.82) is 0 Å². The quantitative estimate of drug-likeness (QED) is 0.631. The Morgan fingerprint density at radius 3 is 2.50 bits per heavy atom. The van der Waals surface area contributed by atoms with Crippen LogP contribution in [0.15, 0.2) is 53.4 Å². The summed E-state index contributed by atoms with van der Waals surface area (Å²) in [5.41, 5.74) is 1.71. The zero-order chi connectivity index (χ0) is 21.9. The largest absolute Gasteiger partial charge is 0.452 e. The van der Waals surface area contributed by atoms with Crippen LogP contribution in [0.25, 0.3) is 0 Å². The SMILES string of the molecule is CCN(CC)C(=O)COC(=O)c1cccc(S(=O)(=O)N2c3ccccc3C[C@@H]2C)c1. The van der Waals surface area contributed by atoms with Gasteiger partial charge in [-0.3, -0.25) is 9.10 Å². The van der Waals surface area contributed by atoms with Gasteiger partial charge in [0.2, 0.25) is 0 Å². The number of benzene rings is 2. The molecule has 0 unspecified atom stereocenters. The van der Waals surface area contributed by atoms with Crippen molar-refractivity contribution >= 4 is 27.6 Å². The van der Waals surface area contributed by atoms with E-state index < -0.39 is 16.0 Å². The average molecular weight is 431 g/mol. The van der Waals surface area contributed by atoms with Gasteiger partial charge in [-0.05, 0) is 57.0 Å². The van der Waals surface area contributed by atoms with Crippen LogP contribution in [0.2, 0.25) is 0 Å². The summed E-state index contributed by atoms with van der Waals surface area (Å²) >= 11 is 0. The molecule has 0 saturated heterocycles. The monoisotopic (exact) mass is 430 g/mol. The maximum atomic E-state index is 13.3. The van der Waals surface area contributed by atoms with Crippen molar-refractivity contribution in [3.8, 4) is 0 Å². The minimum atomic E-state index is -3.86. The number of likely N-dealkylation sites (N-methyl/N-ethyl adjacent to an activating group) is 1. The van der Waals surface area contributed by atoms with E-state index in [-0.39, 0.29) is 29.0 Å². The van der Waals surface area contributed by atoms with Gasteiger partial charge < -0.3 is 9.64 Å². The highest BCUT2D eigenvalue weighted by molar-refractivity contribution is 7.92. The number of nitrogens with zero attached hydrogens (tertiary/aromatic N) is 2. The maximum Gasteiger partial charge on any atom is 0.338 e. The lowest BCUT2D eigenvalue weighted by atomic mass is 10.1. The molecule has 0 fully saturated rings. The van der Waals surface area contributed by atoms with Gasteiger partial charge in [-0.25, -0.2) is 13.2 Å². The van der Waals surface area contributed by atoms with Gasteiger partial charge in [-0.1, -0.05) is 24.3 Å². The van der Waals surface area contributed by atoms with Crippen molar-refractivity contribution in [2.24, 2.45) is 0 Å². The molecule has 8 heteroatoms. The zero-order valence-electron chi connectivity index (χ0n) is 17.4. The van der Waals surface area contributed by atoms with E-state index in [1.54, 1.807) is 17.0 Å². The van der Waals surface area contributed by atoms with E-state index in [0.717, 1.165) is 5.56 Å². The molecule has 3 rings (SSSR count). The summed E-state index contributed by atoms with van der Waals surface area (Å²) in [6, 6.07) is 12.9. The topological polar surface area (TPSA) is 84.0 Å². The number of sulfonamides is 1. The number of fused-ring (bicyclic) bond motifs is 1. The second-order valence-electron chi connectivity index (χ2n) is 7.15. The lowest BCUT2D eigenvalue weighted by Gasteiger charge is -2.24. The number of hydrogen-bond acceptors (Lipinski definition) is 5. The number of para-hydroxylation sites is 1. The standard InChI is InChI=1S/C22H26N2O5S/c1-4-23(5-2)21(25)15-29-22(26)18-10-8-11-19(14-18)30(27,28)24-16(3)13-17-9-6-7-12-20(17)24/h6-12,14,16H,4-5,13,15H2,1-3H3/t16-/m0/s1. The second-order valence-corrected chi connectivity index (χ2v) is 8.97. The molecule has 0 N–H and O–H groups in total. The highest BCUT2D eigenvalue weighted by atomic mass is 32.2. The van der Waals surface area contributed by atoms with Crippen LogP contribution in [0.4, 0.5) is 5.69 Å². The van der Waals surface area contributed by atoms with Crippen molar-refractivity contribution in [3.63, 3.8) is 0 Å². The third kappa shape index (κ3) is 4.18. The number of anilines is 1. The van der Waals surface area contributed by atoms with Crippen LogP contribution in [-0.4, -0.2) is 50.9 Å². The lowest BCUT2D eigenvalue weighted by molar-refractivity contribution is -0.134. The molecule has 160 valence electrons. The Morgan fingerprint density at radius 1 is 1.10 bits per heavy atom. The molecule has 2 aromatic rings. The molecule has 2 aromatic carbocycles. The number of hydrogen-bond donors (Lipinski definition) is 0. The Kier molecular flexibility index (Phi) is 6.45. The van der Waals surface area contributed by atoms with E-state index in [0.29, 0.717) is 25.2 Å². The number of carbonyl (C=O) groups is 2. The predicted molar refractivity (Wildman–Crippen MR) is 114 cm³/mol. The molecule has 1 atom stereocenters. The molecular formula is C22H26N2O5S. The van der Waals surface area contributed by atoms with E-state index in [1.807, 2.05) is 32.9 Å². The normalized spacial score (nSPS) is 15.6. The molecule has 7 nitrogen and oxygen atoms in total. The fraction of sp³-hybridized carbons (Fsp3) is 0.364. The molecule has 0 aliphatic carbocycles. The summed E-state index contributed by atoms with van der Waals surface area (Å²) < 4.78 is 33.2. The molecule has 30 heavy (non-hydrogen) atoms. The van der Waals surface area contributed by atoms with E-state index in [9.17, 15) is 18.0 Å². The number of esters is 1. The van der Waals surface area contributed by atoms with Crippen molar-refractivity contribution in [1.82, 2.24) is 4.90 Å². The van der Waals surface area contributed by atoms with Gasteiger partial charge >= 0.3 is 5.97 Å². The molecule has 0 saturated carbocycles. The third-order valence-corrected chi connectivity index (χ3v) is 7.14. The summed E-state index contributed by atoms with van der Waals surface area (Å²) in [6.07, 6.45) is 0.630. The number of carbonyl (C=O) groups excluding carboxylic acids is 2. The summed E-state index contributed by atoms with van der Waals surface area (Å²) in [5, 5.41) is 0. The van der Waals surface area contributed by atoms with E-state index in [2.05, 4.69) is 0 Å². The van der Waals surface area contributed by atoms with Gasteiger partial charge in [-0.2, -0.15) is 0 Å². The molecule has 0 spiro atoms. The number of amides is 1. The Balaban J connectivity index is 1.81. The molecular weight excluding hydrogens is 404 g/mol. The van der Waals surface area contributed by atoms with Gasteiger partial charge in [0.25, 0.3) is 15.9 Å². The Morgan fingerprint density at radius 2 is 1.80 bits per heavy atom. The maximum absolute atomic E-state index is 13.3. The Bertz CT molecular complexity index is 1050. The van der Waals surface area contributed by atoms with Crippen LogP contribution in [0.3, 0.4) is 0 Å². The van der Waals surface area contributed by atoms with Crippen molar-refractivity contribution < 1.29 is 22.7 Å². The van der Waals surface area contributed by atoms with Gasteiger partial charge in [0.1, 0.15) is 0 Å². The average Bonchev–Trinajstić information content (AvgIpc) is 3.09. The van der Waals surface area contributed by atoms with Crippen LogP contribution in [0.1, 0.15) is 36.7 Å². The molecule has 0 bridgehead atoms. The van der Waals surface area contributed by atoms with Crippen LogP contribution < -0.4 is 4.31 Å². The Hall–Kier alpha value is -2.87. The minimum absolute atomic E-state index is 0.00979. The zero-order valence-corrected chi connectivity index (χ0v) is 18.2. The predicted octanol–water partition coefficient (Wildman–Crippen LogP) is 2.85. The van der Waals surface area contributed by atoms with Gasteiger partial charge in [-0.15, -0.1) is 0 Å². The first-order valence-corrected chi connectivity index (χ1v) is 11.4. The highest BCUT2D eigenvalue weighted by Gasteiger charge is 2.36. The fourth-order valence-electron chi connectivity index (χ4n) is 3.68. The number of rotatable bonds is 7. The first kappa shape index (κ1) is 21.8. The summed E-state index contributed by atoms with van der Waals surface area (Å²) in [7, 11) is -3.86. The van der Waals surface area contributed by atoms with Crippen molar-refractivity contribution in [3.05, 3.63) is 59.7 Å². The molecule has 1 heterocycles. The van der Waals surface area contributed by atoms with Crippen molar-refractivity contribution in [2.45, 2.75) is 38.1 Å². The van der Waals surface area contributed by atoms with Gasteiger partial charge in [0.05, 0.1) is 16.1 Å². The second kappa shape index (κ2) is 8.87. The van der Waals surface area contributed by atoms with Crippen LogP contribution in [0.5, 0.6) is 0 Å². The smallest absolute Gasteiger partial charge is 0.338 e. The van der Waals surface area contributed by atoms with E-state index in [4.69, 9.17) is 4.74 Å². The number of ether oxygens (including phenoxy) is 1. The molecule has 1 amide bonds. The fourth-order valence-corrected chi connectivity index (χ4v) is 5.42.